The Morgan fingerprint density at radius 2 is 1.83 bits per heavy atom. The third-order valence-corrected chi connectivity index (χ3v) is 5.09. The van der Waals surface area contributed by atoms with Crippen LogP contribution in [0.3, 0.4) is 0 Å². The molecule has 1 N–H and O–H groups in total. The Kier molecular flexibility index (Phi) is 5.01. The van der Waals surface area contributed by atoms with Crippen molar-refractivity contribution in [1.82, 2.24) is 9.36 Å². The number of carbonyl (C=O) groups is 2. The molecule has 1 aliphatic heterocycles. The van der Waals surface area contributed by atoms with Crippen LogP contribution in [0.25, 0.3) is 11.4 Å². The summed E-state index contributed by atoms with van der Waals surface area (Å²) in [5.41, 5.74) is 0.526. The minimum Gasteiger partial charge on any atom is -0.309 e. The molecule has 3 aromatic rings. The van der Waals surface area contributed by atoms with Crippen LogP contribution in [0.15, 0.2) is 42.5 Å². The zero-order chi connectivity index (χ0) is 20.5. The molecule has 29 heavy (non-hydrogen) atoms. The van der Waals surface area contributed by atoms with E-state index in [1.165, 1.54) is 30.3 Å². The van der Waals surface area contributed by atoms with E-state index in [9.17, 15) is 22.8 Å². The number of halogens is 3. The fraction of sp³-hybridized carbons (Fsp3) is 0.158. The quantitative estimate of drug-likeness (QED) is 0.702. The molecule has 0 bridgehead atoms. The standard InChI is InChI=1S/C19H13F3N4O2S/c20-12-3-1-10(2-4-12)17-23-19(29-25-17)24-18(28)11-7-16(27)26(9-11)15-6-5-13(21)8-14(15)22/h1-6,8,11H,7,9H2,(H,23,24,25,28). The molecule has 4 rings (SSSR count). The molecule has 0 saturated carbocycles. The van der Waals surface area contributed by atoms with Gasteiger partial charge < -0.3 is 10.2 Å². The van der Waals surface area contributed by atoms with Crippen molar-refractivity contribution in [2.45, 2.75) is 6.42 Å². The number of aromatic nitrogens is 2. The van der Waals surface area contributed by atoms with E-state index in [0.717, 1.165) is 22.5 Å². The van der Waals surface area contributed by atoms with Crippen LogP contribution in [-0.2, 0) is 9.59 Å². The maximum atomic E-state index is 14.0. The van der Waals surface area contributed by atoms with Crippen molar-refractivity contribution in [3.63, 3.8) is 0 Å². The van der Waals surface area contributed by atoms with Crippen molar-refractivity contribution >= 4 is 34.2 Å². The van der Waals surface area contributed by atoms with Crippen molar-refractivity contribution in [2.24, 2.45) is 5.92 Å². The summed E-state index contributed by atoms with van der Waals surface area (Å²) in [6, 6.07) is 8.51. The molecule has 0 aliphatic carbocycles. The lowest BCUT2D eigenvalue weighted by atomic mass is 10.1. The Balaban J connectivity index is 1.44. The van der Waals surface area contributed by atoms with Crippen LogP contribution in [0.4, 0.5) is 24.0 Å². The van der Waals surface area contributed by atoms with Gasteiger partial charge in [-0.2, -0.15) is 9.36 Å². The first-order chi connectivity index (χ1) is 13.9. The number of anilines is 2. The molecular weight excluding hydrogens is 405 g/mol. The molecular formula is C19H13F3N4O2S. The molecule has 1 aromatic heterocycles. The van der Waals surface area contributed by atoms with Gasteiger partial charge in [0.05, 0.1) is 11.6 Å². The van der Waals surface area contributed by atoms with E-state index in [-0.39, 0.29) is 29.6 Å². The van der Waals surface area contributed by atoms with Crippen LogP contribution in [0.5, 0.6) is 0 Å². The first-order valence-corrected chi connectivity index (χ1v) is 9.34. The minimum atomic E-state index is -0.868. The summed E-state index contributed by atoms with van der Waals surface area (Å²) in [6.45, 7) is -0.0309. The largest absolute Gasteiger partial charge is 0.309 e. The second kappa shape index (κ2) is 7.63. The normalized spacial score (nSPS) is 16.3. The van der Waals surface area contributed by atoms with Crippen LogP contribution >= 0.6 is 11.5 Å². The molecule has 148 valence electrons. The van der Waals surface area contributed by atoms with Gasteiger partial charge in [-0.25, -0.2) is 13.2 Å². The first-order valence-electron chi connectivity index (χ1n) is 8.56. The van der Waals surface area contributed by atoms with Gasteiger partial charge in [0.15, 0.2) is 5.82 Å². The number of carbonyl (C=O) groups excluding carboxylic acids is 2. The summed E-state index contributed by atoms with van der Waals surface area (Å²) in [5.74, 6) is -3.27. The van der Waals surface area contributed by atoms with E-state index in [1.807, 2.05) is 0 Å². The van der Waals surface area contributed by atoms with Gasteiger partial charge in [-0.3, -0.25) is 9.59 Å². The lowest BCUT2D eigenvalue weighted by Gasteiger charge is -2.17. The van der Waals surface area contributed by atoms with Gasteiger partial charge in [-0.15, -0.1) is 0 Å². The molecule has 6 nitrogen and oxygen atoms in total. The number of rotatable bonds is 4. The molecule has 2 amide bonds. The molecule has 1 fully saturated rings. The van der Waals surface area contributed by atoms with Gasteiger partial charge in [0.2, 0.25) is 16.9 Å². The van der Waals surface area contributed by atoms with Crippen LogP contribution in [0.1, 0.15) is 6.42 Å². The van der Waals surface area contributed by atoms with E-state index >= 15 is 0 Å². The summed E-state index contributed by atoms with van der Waals surface area (Å²) < 4.78 is 44.2. The fourth-order valence-corrected chi connectivity index (χ4v) is 3.61. The molecule has 10 heteroatoms. The Bertz CT molecular complexity index is 1090. The van der Waals surface area contributed by atoms with Crippen molar-refractivity contribution < 1.29 is 22.8 Å². The van der Waals surface area contributed by atoms with Crippen molar-refractivity contribution in [1.29, 1.82) is 0 Å². The summed E-state index contributed by atoms with van der Waals surface area (Å²) in [7, 11) is 0. The average Bonchev–Trinajstić information content (AvgIpc) is 3.29. The van der Waals surface area contributed by atoms with Crippen LogP contribution < -0.4 is 10.2 Å². The maximum absolute atomic E-state index is 14.0. The number of nitrogens with zero attached hydrogens (tertiary/aromatic N) is 3. The molecule has 1 unspecified atom stereocenters. The van der Waals surface area contributed by atoms with E-state index in [1.54, 1.807) is 0 Å². The number of hydrogen-bond acceptors (Lipinski definition) is 5. The van der Waals surface area contributed by atoms with Gasteiger partial charge in [0.25, 0.3) is 0 Å². The number of hydrogen-bond donors (Lipinski definition) is 1. The van der Waals surface area contributed by atoms with Gasteiger partial charge in [0.1, 0.15) is 17.5 Å². The highest BCUT2D eigenvalue weighted by molar-refractivity contribution is 7.10. The van der Waals surface area contributed by atoms with Crippen molar-refractivity contribution in [3.05, 3.63) is 59.9 Å². The second-order valence-electron chi connectivity index (χ2n) is 6.42. The van der Waals surface area contributed by atoms with E-state index in [0.29, 0.717) is 17.5 Å². The molecule has 1 saturated heterocycles. The summed E-state index contributed by atoms with van der Waals surface area (Å²) in [6.07, 6.45) is -0.105. The van der Waals surface area contributed by atoms with E-state index < -0.39 is 29.4 Å². The highest BCUT2D eigenvalue weighted by Crippen LogP contribution is 2.29. The van der Waals surface area contributed by atoms with Crippen LogP contribution in [0.2, 0.25) is 0 Å². The third kappa shape index (κ3) is 3.97. The molecule has 1 aliphatic rings. The third-order valence-electron chi connectivity index (χ3n) is 4.45. The molecule has 2 aromatic carbocycles. The Labute approximate surface area is 167 Å². The average molecular weight is 418 g/mol. The van der Waals surface area contributed by atoms with Crippen molar-refractivity contribution in [3.8, 4) is 11.4 Å². The van der Waals surface area contributed by atoms with Crippen LogP contribution in [0, 0.1) is 23.4 Å². The topological polar surface area (TPSA) is 75.2 Å². The first kappa shape index (κ1) is 19.1. The zero-order valence-corrected chi connectivity index (χ0v) is 15.5. The number of amides is 2. The summed E-state index contributed by atoms with van der Waals surface area (Å²) in [4.78, 5) is 30.1. The lowest BCUT2D eigenvalue weighted by molar-refractivity contribution is -0.122. The Morgan fingerprint density at radius 3 is 2.55 bits per heavy atom. The second-order valence-corrected chi connectivity index (χ2v) is 7.17. The van der Waals surface area contributed by atoms with Gasteiger partial charge in [0, 0.05) is 36.1 Å². The molecule has 1 atom stereocenters. The summed E-state index contributed by atoms with van der Waals surface area (Å²) in [5, 5.41) is 2.83. The number of nitrogens with one attached hydrogen (secondary N) is 1. The highest BCUT2D eigenvalue weighted by Gasteiger charge is 2.36. The smallest absolute Gasteiger partial charge is 0.231 e. The predicted octanol–water partition coefficient (Wildman–Crippen LogP) is 3.61. The minimum absolute atomic E-state index is 0.0309. The Morgan fingerprint density at radius 1 is 1.10 bits per heavy atom. The van der Waals surface area contributed by atoms with Crippen LogP contribution in [-0.4, -0.2) is 27.7 Å². The van der Waals surface area contributed by atoms with Gasteiger partial charge in [-0.05, 0) is 36.4 Å². The SMILES string of the molecule is O=C(Nc1nc(-c2ccc(F)cc2)ns1)C1CC(=O)N(c2ccc(F)cc2F)C1. The summed E-state index contributed by atoms with van der Waals surface area (Å²) >= 11 is 0.951. The van der Waals surface area contributed by atoms with E-state index in [4.69, 9.17) is 0 Å². The number of benzene rings is 2. The monoisotopic (exact) mass is 418 g/mol. The molecule has 2 heterocycles. The molecule has 0 spiro atoms. The van der Waals surface area contributed by atoms with Gasteiger partial charge in [-0.1, -0.05) is 0 Å². The predicted molar refractivity (Wildman–Crippen MR) is 101 cm³/mol. The highest BCUT2D eigenvalue weighted by atomic mass is 32.1. The van der Waals surface area contributed by atoms with Gasteiger partial charge >= 0.3 is 0 Å². The van der Waals surface area contributed by atoms with Crippen molar-refractivity contribution in [2.75, 3.05) is 16.8 Å². The zero-order valence-electron chi connectivity index (χ0n) is 14.7. The maximum Gasteiger partial charge on any atom is 0.231 e. The van der Waals surface area contributed by atoms with E-state index in [2.05, 4.69) is 14.7 Å². The Hall–Kier alpha value is -3.27. The molecule has 0 radical (unpaired) electrons. The fourth-order valence-electron chi connectivity index (χ4n) is 3.01. The lowest BCUT2D eigenvalue weighted by Crippen LogP contribution is -2.28.